The molecule has 0 unspecified atom stereocenters. The summed E-state index contributed by atoms with van der Waals surface area (Å²) in [5, 5.41) is 12.2. The minimum absolute atomic E-state index is 0.0671. The topological polar surface area (TPSA) is 78.4 Å². The summed E-state index contributed by atoms with van der Waals surface area (Å²) in [7, 11) is 0. The van der Waals surface area contributed by atoms with Crippen LogP contribution in [0.4, 0.5) is 11.5 Å². The SMILES string of the molecule is O=C(CSc1ccc(N2CCC(C(=O)N3CCCCC3)CC2)nn1)Nc1ccccc1. The monoisotopic (exact) mass is 439 g/mol. The van der Waals surface area contributed by atoms with E-state index in [4.69, 9.17) is 0 Å². The summed E-state index contributed by atoms with van der Waals surface area (Å²) in [5.41, 5.74) is 0.789. The highest BCUT2D eigenvalue weighted by molar-refractivity contribution is 7.99. The fourth-order valence-corrected chi connectivity index (χ4v) is 4.76. The number of amides is 2. The third-order valence-electron chi connectivity index (χ3n) is 5.87. The average Bonchev–Trinajstić information content (AvgIpc) is 2.84. The molecule has 3 heterocycles. The van der Waals surface area contributed by atoms with Crippen molar-refractivity contribution in [2.24, 2.45) is 5.92 Å². The van der Waals surface area contributed by atoms with Gasteiger partial charge in [0.15, 0.2) is 5.82 Å². The number of para-hydroxylation sites is 1. The van der Waals surface area contributed by atoms with Crippen molar-refractivity contribution in [3.8, 4) is 0 Å². The predicted molar refractivity (Wildman–Crippen MR) is 123 cm³/mol. The van der Waals surface area contributed by atoms with Gasteiger partial charge in [0, 0.05) is 37.8 Å². The largest absolute Gasteiger partial charge is 0.355 e. The van der Waals surface area contributed by atoms with Crippen molar-refractivity contribution in [2.75, 3.05) is 42.1 Å². The highest BCUT2D eigenvalue weighted by Crippen LogP contribution is 2.25. The van der Waals surface area contributed by atoms with Crippen molar-refractivity contribution in [3.05, 3.63) is 42.5 Å². The summed E-state index contributed by atoms with van der Waals surface area (Å²) in [4.78, 5) is 29.1. The van der Waals surface area contributed by atoms with Crippen molar-refractivity contribution in [1.82, 2.24) is 15.1 Å². The Morgan fingerprint density at radius 2 is 1.68 bits per heavy atom. The number of rotatable bonds is 6. The molecule has 1 aromatic heterocycles. The van der Waals surface area contributed by atoms with E-state index in [1.54, 1.807) is 0 Å². The molecular formula is C23H29N5O2S. The van der Waals surface area contributed by atoms with E-state index in [0.29, 0.717) is 5.91 Å². The van der Waals surface area contributed by atoms with Crippen LogP contribution in [0.1, 0.15) is 32.1 Å². The molecule has 2 fully saturated rings. The molecule has 2 aliphatic heterocycles. The van der Waals surface area contributed by atoms with Gasteiger partial charge in [-0.1, -0.05) is 30.0 Å². The molecule has 0 aliphatic carbocycles. The Morgan fingerprint density at radius 3 is 2.35 bits per heavy atom. The van der Waals surface area contributed by atoms with E-state index in [0.717, 1.165) is 68.4 Å². The smallest absolute Gasteiger partial charge is 0.234 e. The van der Waals surface area contributed by atoms with Gasteiger partial charge in [-0.3, -0.25) is 9.59 Å². The molecule has 2 saturated heterocycles. The highest BCUT2D eigenvalue weighted by Gasteiger charge is 2.29. The fourth-order valence-electron chi connectivity index (χ4n) is 4.14. The summed E-state index contributed by atoms with van der Waals surface area (Å²) in [5.74, 6) is 1.53. The summed E-state index contributed by atoms with van der Waals surface area (Å²) < 4.78 is 0. The lowest BCUT2D eigenvalue weighted by atomic mass is 9.94. The number of likely N-dealkylation sites (tertiary alicyclic amines) is 1. The molecule has 1 aromatic carbocycles. The maximum atomic E-state index is 12.7. The van der Waals surface area contributed by atoms with E-state index in [2.05, 4.69) is 25.3 Å². The molecule has 0 atom stereocenters. The van der Waals surface area contributed by atoms with Gasteiger partial charge in [0.2, 0.25) is 11.8 Å². The molecule has 4 rings (SSSR count). The Hall–Kier alpha value is -2.61. The van der Waals surface area contributed by atoms with Crippen LogP contribution in [0, 0.1) is 5.92 Å². The number of hydrogen-bond donors (Lipinski definition) is 1. The van der Waals surface area contributed by atoms with Crippen LogP contribution in [-0.2, 0) is 9.59 Å². The highest BCUT2D eigenvalue weighted by atomic mass is 32.2. The third-order valence-corrected chi connectivity index (χ3v) is 6.79. The van der Waals surface area contributed by atoms with E-state index in [9.17, 15) is 9.59 Å². The second-order valence-corrected chi connectivity index (χ2v) is 9.08. The first kappa shape index (κ1) is 21.6. The number of anilines is 2. The summed E-state index contributed by atoms with van der Waals surface area (Å²) >= 11 is 1.37. The van der Waals surface area contributed by atoms with Crippen LogP contribution in [0.15, 0.2) is 47.5 Å². The van der Waals surface area contributed by atoms with Gasteiger partial charge in [0.1, 0.15) is 5.03 Å². The van der Waals surface area contributed by atoms with E-state index >= 15 is 0 Å². The number of aromatic nitrogens is 2. The Bertz CT molecular complexity index is 863. The quantitative estimate of drug-likeness (QED) is 0.695. The molecule has 1 N–H and O–H groups in total. The van der Waals surface area contributed by atoms with Crippen LogP contribution >= 0.6 is 11.8 Å². The predicted octanol–water partition coefficient (Wildman–Crippen LogP) is 3.44. The molecule has 8 heteroatoms. The molecule has 31 heavy (non-hydrogen) atoms. The molecule has 2 amide bonds. The third kappa shape index (κ3) is 5.97. The van der Waals surface area contributed by atoms with Gasteiger partial charge in [0.25, 0.3) is 0 Å². The van der Waals surface area contributed by atoms with E-state index in [1.807, 2.05) is 42.5 Å². The van der Waals surface area contributed by atoms with Gasteiger partial charge in [0.05, 0.1) is 5.75 Å². The maximum Gasteiger partial charge on any atom is 0.234 e. The minimum Gasteiger partial charge on any atom is -0.355 e. The van der Waals surface area contributed by atoms with Crippen LogP contribution in [0.5, 0.6) is 0 Å². The second-order valence-electron chi connectivity index (χ2n) is 8.08. The summed E-state index contributed by atoms with van der Waals surface area (Å²) in [6, 6.07) is 13.3. The van der Waals surface area contributed by atoms with Crippen molar-refractivity contribution in [2.45, 2.75) is 37.1 Å². The van der Waals surface area contributed by atoms with Gasteiger partial charge in [-0.25, -0.2) is 0 Å². The first-order valence-electron chi connectivity index (χ1n) is 11.0. The van der Waals surface area contributed by atoms with Crippen molar-refractivity contribution < 1.29 is 9.59 Å². The lowest BCUT2D eigenvalue weighted by Gasteiger charge is -2.35. The molecule has 0 saturated carbocycles. The number of hydrogen-bond acceptors (Lipinski definition) is 6. The number of nitrogens with zero attached hydrogens (tertiary/aromatic N) is 4. The number of carbonyl (C=O) groups excluding carboxylic acids is 2. The Kier molecular flexibility index (Phi) is 7.40. The van der Waals surface area contributed by atoms with Gasteiger partial charge >= 0.3 is 0 Å². The first-order valence-corrected chi connectivity index (χ1v) is 12.0. The van der Waals surface area contributed by atoms with Crippen LogP contribution in [0.25, 0.3) is 0 Å². The molecule has 0 spiro atoms. The Morgan fingerprint density at radius 1 is 0.935 bits per heavy atom. The number of piperidine rings is 2. The van der Waals surface area contributed by atoms with E-state index in [-0.39, 0.29) is 17.6 Å². The molecule has 2 aliphatic rings. The molecule has 7 nitrogen and oxygen atoms in total. The van der Waals surface area contributed by atoms with Crippen molar-refractivity contribution in [3.63, 3.8) is 0 Å². The normalized spacial score (nSPS) is 17.4. The van der Waals surface area contributed by atoms with Crippen molar-refractivity contribution >= 4 is 35.1 Å². The molecule has 2 aromatic rings. The lowest BCUT2D eigenvalue weighted by molar-refractivity contribution is -0.137. The fraction of sp³-hybridized carbons (Fsp3) is 0.478. The lowest BCUT2D eigenvalue weighted by Crippen LogP contribution is -2.44. The number of benzene rings is 1. The standard InChI is InChI=1S/C23H29N5O2S/c29-21(24-19-7-3-1-4-8-19)17-31-22-10-9-20(25-26-22)27-15-11-18(12-16-27)23(30)28-13-5-2-6-14-28/h1,3-4,7-10,18H,2,5-6,11-17H2,(H,24,29). The zero-order valence-electron chi connectivity index (χ0n) is 17.7. The Labute approximate surface area is 187 Å². The first-order chi connectivity index (χ1) is 15.2. The van der Waals surface area contributed by atoms with Crippen LogP contribution in [-0.4, -0.2) is 58.8 Å². The van der Waals surface area contributed by atoms with Gasteiger partial charge in [-0.2, -0.15) is 0 Å². The molecular weight excluding hydrogens is 410 g/mol. The van der Waals surface area contributed by atoms with E-state index in [1.165, 1.54) is 18.2 Å². The minimum atomic E-state index is -0.0671. The van der Waals surface area contributed by atoms with Gasteiger partial charge in [-0.15, -0.1) is 10.2 Å². The second kappa shape index (κ2) is 10.6. The summed E-state index contributed by atoms with van der Waals surface area (Å²) in [6.45, 7) is 3.50. The van der Waals surface area contributed by atoms with Crippen LogP contribution in [0.2, 0.25) is 0 Å². The maximum absolute atomic E-state index is 12.7. The molecule has 0 radical (unpaired) electrons. The molecule has 0 bridgehead atoms. The van der Waals surface area contributed by atoms with Gasteiger partial charge < -0.3 is 15.1 Å². The molecule has 164 valence electrons. The Balaban J connectivity index is 1.22. The van der Waals surface area contributed by atoms with Gasteiger partial charge in [-0.05, 0) is 56.4 Å². The van der Waals surface area contributed by atoms with Crippen LogP contribution < -0.4 is 10.2 Å². The number of nitrogens with one attached hydrogen (secondary N) is 1. The average molecular weight is 440 g/mol. The van der Waals surface area contributed by atoms with E-state index < -0.39 is 0 Å². The number of carbonyl (C=O) groups is 2. The summed E-state index contributed by atoms with van der Waals surface area (Å²) in [6.07, 6.45) is 5.25. The zero-order chi connectivity index (χ0) is 21.5. The van der Waals surface area contributed by atoms with Crippen molar-refractivity contribution in [1.29, 1.82) is 0 Å². The van der Waals surface area contributed by atoms with Crippen LogP contribution in [0.3, 0.4) is 0 Å². The zero-order valence-corrected chi connectivity index (χ0v) is 18.5. The number of thioether (sulfide) groups is 1.